The van der Waals surface area contributed by atoms with Gasteiger partial charge < -0.3 is 9.47 Å². The molecule has 0 heterocycles. The number of carbonyl (C=O) groups excluding carboxylic acids is 1. The number of hydrogen-bond donors (Lipinski definition) is 0. The summed E-state index contributed by atoms with van der Waals surface area (Å²) in [6, 6.07) is 15.3. The highest BCUT2D eigenvalue weighted by Crippen LogP contribution is 2.29. The smallest absolute Gasteiger partial charge is 0.416 e. The van der Waals surface area contributed by atoms with Crippen molar-refractivity contribution in [3.05, 3.63) is 89.7 Å². The number of ether oxygens (including phenoxy) is 2. The van der Waals surface area contributed by atoms with Crippen LogP contribution in [0, 0.1) is 11.8 Å². The van der Waals surface area contributed by atoms with Gasteiger partial charge in [0.05, 0.1) is 25.0 Å². The van der Waals surface area contributed by atoms with Crippen LogP contribution in [0.2, 0.25) is 0 Å². The Morgan fingerprint density at radius 2 is 1.66 bits per heavy atom. The van der Waals surface area contributed by atoms with Gasteiger partial charge in [-0.3, -0.25) is 0 Å². The summed E-state index contributed by atoms with van der Waals surface area (Å²) in [4.78, 5) is 11.9. The maximum absolute atomic E-state index is 12.7. The van der Waals surface area contributed by atoms with Crippen LogP contribution in [0.25, 0.3) is 10.8 Å². The van der Waals surface area contributed by atoms with E-state index >= 15 is 0 Å². The number of hydrogen-bond acceptors (Lipinski definition) is 3. The zero-order valence-electron chi connectivity index (χ0n) is 15.3. The Balaban J connectivity index is 1.93. The highest BCUT2D eigenvalue weighted by atomic mass is 19.4. The minimum absolute atomic E-state index is 0.325. The normalized spacial score (nSPS) is 11.2. The molecular weight excluding hydrogens is 381 g/mol. The number of alkyl halides is 3. The standard InChI is InChI=1S/C23H15F3O3/c1-28-13-12-22(27)29-21-15-17(14-18-4-2-3-5-20(18)21)7-6-16-8-10-19(11-9-16)23(24,25)26/h2-5,8-15H,1H3/b13-12+. The number of carbonyl (C=O) groups is 1. The zero-order valence-corrected chi connectivity index (χ0v) is 15.3. The van der Waals surface area contributed by atoms with Crippen molar-refractivity contribution in [1.82, 2.24) is 0 Å². The van der Waals surface area contributed by atoms with Gasteiger partial charge in [0.25, 0.3) is 0 Å². The molecule has 3 aromatic rings. The van der Waals surface area contributed by atoms with Crippen molar-refractivity contribution >= 4 is 16.7 Å². The summed E-state index contributed by atoms with van der Waals surface area (Å²) in [5, 5.41) is 1.54. The van der Waals surface area contributed by atoms with Gasteiger partial charge in [-0.25, -0.2) is 4.79 Å². The highest BCUT2D eigenvalue weighted by Gasteiger charge is 2.29. The van der Waals surface area contributed by atoms with Gasteiger partial charge in [-0.1, -0.05) is 36.1 Å². The Hall–Kier alpha value is -3.72. The first-order valence-electron chi connectivity index (χ1n) is 8.50. The number of fused-ring (bicyclic) bond motifs is 1. The molecule has 0 atom stereocenters. The summed E-state index contributed by atoms with van der Waals surface area (Å²) in [6.45, 7) is 0. The molecular formula is C23H15F3O3. The van der Waals surface area contributed by atoms with Crippen LogP contribution in [-0.2, 0) is 15.7 Å². The summed E-state index contributed by atoms with van der Waals surface area (Å²) >= 11 is 0. The second kappa shape index (κ2) is 8.53. The van der Waals surface area contributed by atoms with Crippen molar-refractivity contribution in [3.8, 4) is 17.6 Å². The van der Waals surface area contributed by atoms with Crippen LogP contribution in [0.15, 0.2) is 73.0 Å². The predicted molar refractivity (Wildman–Crippen MR) is 103 cm³/mol. The molecule has 0 bridgehead atoms. The largest absolute Gasteiger partial charge is 0.504 e. The molecule has 3 aromatic carbocycles. The Morgan fingerprint density at radius 3 is 2.34 bits per heavy atom. The van der Waals surface area contributed by atoms with E-state index < -0.39 is 17.7 Å². The molecule has 3 nitrogen and oxygen atoms in total. The molecule has 0 aromatic heterocycles. The molecule has 0 N–H and O–H groups in total. The van der Waals surface area contributed by atoms with Gasteiger partial charge in [-0.05, 0) is 41.8 Å². The summed E-state index contributed by atoms with van der Waals surface area (Å²) < 4.78 is 48.0. The average molecular weight is 396 g/mol. The summed E-state index contributed by atoms with van der Waals surface area (Å²) in [5.41, 5.74) is 0.266. The molecule has 0 unspecified atom stereocenters. The Morgan fingerprint density at radius 1 is 0.966 bits per heavy atom. The van der Waals surface area contributed by atoms with E-state index in [1.807, 2.05) is 30.3 Å². The Labute approximate surface area is 165 Å². The fraction of sp³-hybridized carbons (Fsp3) is 0.0870. The quantitative estimate of drug-likeness (QED) is 0.198. The van der Waals surface area contributed by atoms with E-state index in [9.17, 15) is 18.0 Å². The fourth-order valence-electron chi connectivity index (χ4n) is 2.58. The van der Waals surface area contributed by atoms with Gasteiger partial charge in [0.2, 0.25) is 0 Å². The van der Waals surface area contributed by atoms with Crippen molar-refractivity contribution in [2.24, 2.45) is 0 Å². The van der Waals surface area contributed by atoms with E-state index in [4.69, 9.17) is 9.47 Å². The third-order valence-electron chi connectivity index (χ3n) is 3.94. The van der Waals surface area contributed by atoms with Crippen LogP contribution in [-0.4, -0.2) is 13.1 Å². The first-order chi connectivity index (χ1) is 13.9. The lowest BCUT2D eigenvalue weighted by atomic mass is 10.1. The number of benzene rings is 3. The molecule has 0 saturated carbocycles. The van der Waals surface area contributed by atoms with Crippen molar-refractivity contribution in [3.63, 3.8) is 0 Å². The van der Waals surface area contributed by atoms with Crippen LogP contribution in [0.5, 0.6) is 5.75 Å². The molecule has 29 heavy (non-hydrogen) atoms. The van der Waals surface area contributed by atoms with E-state index in [0.717, 1.165) is 29.0 Å². The van der Waals surface area contributed by atoms with E-state index in [1.165, 1.54) is 25.5 Å². The lowest BCUT2D eigenvalue weighted by molar-refractivity contribution is -0.137. The van der Waals surface area contributed by atoms with Gasteiger partial charge in [-0.15, -0.1) is 0 Å². The summed E-state index contributed by atoms with van der Waals surface area (Å²) in [5.74, 6) is 5.45. The Bertz CT molecular complexity index is 1120. The molecule has 0 aliphatic rings. The van der Waals surface area contributed by atoms with E-state index in [1.54, 1.807) is 6.07 Å². The molecule has 0 aliphatic heterocycles. The van der Waals surface area contributed by atoms with E-state index in [-0.39, 0.29) is 0 Å². The lowest BCUT2D eigenvalue weighted by Crippen LogP contribution is -2.04. The van der Waals surface area contributed by atoms with Crippen LogP contribution in [0.4, 0.5) is 13.2 Å². The second-order valence-corrected chi connectivity index (χ2v) is 5.98. The van der Waals surface area contributed by atoms with Gasteiger partial charge in [0.1, 0.15) is 5.75 Å². The van der Waals surface area contributed by atoms with Crippen LogP contribution in [0.3, 0.4) is 0 Å². The molecule has 6 heteroatoms. The first kappa shape index (κ1) is 20.0. The summed E-state index contributed by atoms with van der Waals surface area (Å²) in [6.07, 6.45) is -2.03. The van der Waals surface area contributed by atoms with Crippen molar-refractivity contribution in [2.75, 3.05) is 7.11 Å². The molecule has 3 rings (SSSR count). The van der Waals surface area contributed by atoms with Crippen molar-refractivity contribution in [2.45, 2.75) is 6.18 Å². The van der Waals surface area contributed by atoms with Crippen molar-refractivity contribution < 1.29 is 27.4 Å². The highest BCUT2D eigenvalue weighted by molar-refractivity contribution is 5.93. The SMILES string of the molecule is CO/C=C/C(=O)Oc1cc(C#Cc2ccc(C(F)(F)F)cc2)cc2ccccc12. The predicted octanol–water partition coefficient (Wildman–Crippen LogP) is 5.32. The van der Waals surface area contributed by atoms with Gasteiger partial charge in [-0.2, -0.15) is 13.2 Å². The van der Waals surface area contributed by atoms with Crippen LogP contribution >= 0.6 is 0 Å². The lowest BCUT2D eigenvalue weighted by Gasteiger charge is -2.07. The number of esters is 1. The minimum Gasteiger partial charge on any atom is -0.504 e. The molecule has 0 amide bonds. The third kappa shape index (κ3) is 5.17. The maximum Gasteiger partial charge on any atom is 0.416 e. The maximum atomic E-state index is 12.7. The van der Waals surface area contributed by atoms with E-state index in [2.05, 4.69) is 11.8 Å². The van der Waals surface area contributed by atoms with Gasteiger partial charge >= 0.3 is 12.1 Å². The number of halogens is 3. The second-order valence-electron chi connectivity index (χ2n) is 5.98. The molecule has 0 saturated heterocycles. The van der Waals surface area contributed by atoms with Gasteiger partial charge in [0.15, 0.2) is 0 Å². The van der Waals surface area contributed by atoms with Crippen LogP contribution < -0.4 is 4.74 Å². The fourth-order valence-corrected chi connectivity index (χ4v) is 2.58. The first-order valence-corrected chi connectivity index (χ1v) is 8.50. The zero-order chi connectivity index (χ0) is 20.9. The van der Waals surface area contributed by atoms with E-state index in [0.29, 0.717) is 16.9 Å². The minimum atomic E-state index is -4.39. The molecule has 0 radical (unpaired) electrons. The third-order valence-corrected chi connectivity index (χ3v) is 3.94. The monoisotopic (exact) mass is 396 g/mol. The molecule has 146 valence electrons. The van der Waals surface area contributed by atoms with Crippen LogP contribution in [0.1, 0.15) is 16.7 Å². The number of rotatable bonds is 3. The van der Waals surface area contributed by atoms with Gasteiger partial charge in [0, 0.05) is 16.5 Å². The molecule has 0 spiro atoms. The molecule has 0 fully saturated rings. The average Bonchev–Trinajstić information content (AvgIpc) is 2.70. The molecule has 0 aliphatic carbocycles. The number of methoxy groups -OCH3 is 1. The topological polar surface area (TPSA) is 35.5 Å². The van der Waals surface area contributed by atoms with Crippen molar-refractivity contribution in [1.29, 1.82) is 0 Å². The summed E-state index contributed by atoms with van der Waals surface area (Å²) in [7, 11) is 1.41. The Kier molecular flexibility index (Phi) is 5.89.